The molecular weight excluding hydrogens is 424 g/mol. The Bertz CT molecular complexity index is 1240. The van der Waals surface area contributed by atoms with Crippen LogP contribution in [0.25, 0.3) is 28.0 Å². The summed E-state index contributed by atoms with van der Waals surface area (Å²) in [6.07, 6.45) is 13.4. The first-order valence-corrected chi connectivity index (χ1v) is 11.6. The topological polar surface area (TPSA) is 52.6 Å². The van der Waals surface area contributed by atoms with E-state index in [1.165, 1.54) is 37.7 Å². The normalized spacial score (nSPS) is 14.1. The van der Waals surface area contributed by atoms with Crippen LogP contribution in [0.5, 0.6) is 11.5 Å². The quantitative estimate of drug-likeness (QED) is 0.215. The van der Waals surface area contributed by atoms with E-state index in [9.17, 15) is 9.59 Å². The minimum absolute atomic E-state index is 0.368. The van der Waals surface area contributed by atoms with E-state index in [2.05, 4.69) is 49.6 Å². The van der Waals surface area contributed by atoms with Crippen LogP contribution in [0.2, 0.25) is 0 Å². The van der Waals surface area contributed by atoms with Crippen LogP contribution in [0.1, 0.15) is 37.7 Å². The molecule has 3 aromatic carbocycles. The molecule has 0 heterocycles. The smallest absolute Gasteiger partial charge is 0.335 e. The Kier molecular flexibility index (Phi) is 7.38. The Balaban J connectivity index is 1.65. The van der Waals surface area contributed by atoms with Crippen molar-refractivity contribution in [2.24, 2.45) is 5.92 Å². The SMILES string of the molecule is C=CC(=O)Oc1ccc(OC(=O)C=C)c2cc(-c3ccc(/C=C/C4CCCCC4)cc3)ccc12. The summed E-state index contributed by atoms with van der Waals surface area (Å²) >= 11 is 0. The third-order valence-electron chi connectivity index (χ3n) is 6.15. The van der Waals surface area contributed by atoms with Gasteiger partial charge in [-0.1, -0.05) is 74.9 Å². The summed E-state index contributed by atoms with van der Waals surface area (Å²) in [6.45, 7) is 6.91. The van der Waals surface area contributed by atoms with E-state index in [1.807, 2.05) is 18.2 Å². The van der Waals surface area contributed by atoms with Gasteiger partial charge in [0.2, 0.25) is 0 Å². The number of carbonyl (C=O) groups is 2. The zero-order valence-corrected chi connectivity index (χ0v) is 19.2. The minimum Gasteiger partial charge on any atom is -0.423 e. The molecule has 4 nitrogen and oxygen atoms in total. The summed E-state index contributed by atoms with van der Waals surface area (Å²) in [7, 11) is 0. The fraction of sp³-hybridized carbons (Fsp3) is 0.200. The largest absolute Gasteiger partial charge is 0.423 e. The summed E-state index contributed by atoms with van der Waals surface area (Å²) in [4.78, 5) is 23.6. The van der Waals surface area contributed by atoms with Crippen LogP contribution >= 0.6 is 0 Å². The van der Waals surface area contributed by atoms with Crippen LogP contribution in [-0.2, 0) is 9.59 Å². The van der Waals surface area contributed by atoms with Gasteiger partial charge in [0.05, 0.1) is 0 Å². The van der Waals surface area contributed by atoms with Gasteiger partial charge in [-0.25, -0.2) is 9.59 Å². The number of carbonyl (C=O) groups excluding carboxylic acids is 2. The van der Waals surface area contributed by atoms with Gasteiger partial charge in [0.25, 0.3) is 0 Å². The molecule has 0 unspecified atom stereocenters. The van der Waals surface area contributed by atoms with Crippen LogP contribution < -0.4 is 9.47 Å². The van der Waals surface area contributed by atoms with Crippen molar-refractivity contribution < 1.29 is 19.1 Å². The van der Waals surface area contributed by atoms with E-state index in [0.29, 0.717) is 28.2 Å². The molecule has 0 aliphatic heterocycles. The highest BCUT2D eigenvalue weighted by Gasteiger charge is 2.14. The van der Waals surface area contributed by atoms with Crippen molar-refractivity contribution >= 4 is 28.8 Å². The van der Waals surface area contributed by atoms with Crippen molar-refractivity contribution in [1.29, 1.82) is 0 Å². The van der Waals surface area contributed by atoms with Crippen molar-refractivity contribution in [1.82, 2.24) is 0 Å². The van der Waals surface area contributed by atoms with E-state index in [1.54, 1.807) is 12.1 Å². The van der Waals surface area contributed by atoms with Gasteiger partial charge < -0.3 is 9.47 Å². The van der Waals surface area contributed by atoms with Gasteiger partial charge in [-0.3, -0.25) is 0 Å². The Labute approximate surface area is 200 Å². The van der Waals surface area contributed by atoms with Crippen LogP contribution in [-0.4, -0.2) is 11.9 Å². The molecule has 1 saturated carbocycles. The lowest BCUT2D eigenvalue weighted by Gasteiger charge is -2.17. The van der Waals surface area contributed by atoms with Crippen LogP contribution in [0.4, 0.5) is 0 Å². The third-order valence-corrected chi connectivity index (χ3v) is 6.15. The van der Waals surface area contributed by atoms with Gasteiger partial charge >= 0.3 is 11.9 Å². The second-order valence-electron chi connectivity index (χ2n) is 8.45. The van der Waals surface area contributed by atoms with Gasteiger partial charge in [0.1, 0.15) is 11.5 Å². The number of rotatable bonds is 7. The average Bonchev–Trinajstić information content (AvgIpc) is 2.89. The number of allylic oxidation sites excluding steroid dienone is 1. The van der Waals surface area contributed by atoms with Gasteiger partial charge in [-0.15, -0.1) is 0 Å². The lowest BCUT2D eigenvalue weighted by atomic mass is 9.88. The maximum absolute atomic E-state index is 11.9. The van der Waals surface area contributed by atoms with E-state index in [-0.39, 0.29) is 0 Å². The summed E-state index contributed by atoms with van der Waals surface area (Å²) in [6, 6.07) is 17.3. The standard InChI is InChI=1S/C30H28O4/c1-3-29(31)33-27-18-19-28(34-30(32)4-2)26-20-24(16-17-25(26)27)23-14-12-22(13-15-23)11-10-21-8-6-5-7-9-21/h3-4,10-21H,1-2,5-9H2/b11-10+. The molecule has 172 valence electrons. The molecule has 1 aliphatic rings. The zero-order valence-electron chi connectivity index (χ0n) is 19.2. The molecule has 4 heteroatoms. The predicted octanol–water partition coefficient (Wildman–Crippen LogP) is 7.28. The summed E-state index contributed by atoms with van der Waals surface area (Å²) < 4.78 is 10.8. The number of hydrogen-bond donors (Lipinski definition) is 0. The first-order valence-electron chi connectivity index (χ1n) is 11.6. The number of ether oxygens (including phenoxy) is 2. The highest BCUT2D eigenvalue weighted by atomic mass is 16.5. The minimum atomic E-state index is -0.559. The van der Waals surface area contributed by atoms with Crippen molar-refractivity contribution in [2.75, 3.05) is 0 Å². The molecule has 0 N–H and O–H groups in total. The van der Waals surface area contributed by atoms with Crippen molar-refractivity contribution in [3.8, 4) is 22.6 Å². The van der Waals surface area contributed by atoms with Crippen LogP contribution in [0.3, 0.4) is 0 Å². The molecular formula is C30H28O4. The van der Waals surface area contributed by atoms with E-state index in [0.717, 1.165) is 23.3 Å². The fourth-order valence-electron chi connectivity index (χ4n) is 4.31. The molecule has 0 amide bonds. The van der Waals surface area contributed by atoms with Crippen LogP contribution in [0.15, 0.2) is 86.0 Å². The maximum atomic E-state index is 11.9. The third kappa shape index (κ3) is 5.52. The summed E-state index contributed by atoms with van der Waals surface area (Å²) in [5.41, 5.74) is 3.17. The molecule has 0 bridgehead atoms. The molecule has 0 saturated heterocycles. The summed E-state index contributed by atoms with van der Waals surface area (Å²) in [5, 5.41) is 1.31. The lowest BCUT2D eigenvalue weighted by Crippen LogP contribution is -2.06. The van der Waals surface area contributed by atoms with E-state index >= 15 is 0 Å². The molecule has 0 spiro atoms. The summed E-state index contributed by atoms with van der Waals surface area (Å²) in [5.74, 6) is 0.310. The molecule has 4 rings (SSSR count). The van der Waals surface area contributed by atoms with Crippen molar-refractivity contribution in [3.63, 3.8) is 0 Å². The number of fused-ring (bicyclic) bond motifs is 1. The molecule has 3 aromatic rings. The molecule has 1 fully saturated rings. The number of esters is 2. The monoisotopic (exact) mass is 452 g/mol. The van der Waals surface area contributed by atoms with Crippen molar-refractivity contribution in [3.05, 3.63) is 91.5 Å². The molecule has 0 aromatic heterocycles. The molecule has 0 atom stereocenters. The molecule has 34 heavy (non-hydrogen) atoms. The van der Waals surface area contributed by atoms with Gasteiger partial charge in [-0.05, 0) is 59.7 Å². The van der Waals surface area contributed by atoms with Gasteiger partial charge in [0.15, 0.2) is 0 Å². The average molecular weight is 453 g/mol. The Morgan fingerprint density at radius 1 is 0.735 bits per heavy atom. The van der Waals surface area contributed by atoms with E-state index in [4.69, 9.17) is 9.47 Å². The zero-order chi connectivity index (χ0) is 23.9. The second-order valence-corrected chi connectivity index (χ2v) is 8.45. The second kappa shape index (κ2) is 10.8. The maximum Gasteiger partial charge on any atom is 0.335 e. The van der Waals surface area contributed by atoms with Gasteiger partial charge in [0, 0.05) is 22.9 Å². The Morgan fingerprint density at radius 2 is 1.32 bits per heavy atom. The number of benzene rings is 3. The first kappa shape index (κ1) is 23.2. The first-order chi connectivity index (χ1) is 16.6. The Hall–Kier alpha value is -3.92. The molecule has 0 radical (unpaired) electrons. The van der Waals surface area contributed by atoms with E-state index < -0.39 is 11.9 Å². The highest BCUT2D eigenvalue weighted by molar-refractivity contribution is 5.99. The highest BCUT2D eigenvalue weighted by Crippen LogP contribution is 2.36. The molecule has 1 aliphatic carbocycles. The lowest BCUT2D eigenvalue weighted by molar-refractivity contribution is -0.129. The van der Waals surface area contributed by atoms with Gasteiger partial charge in [-0.2, -0.15) is 0 Å². The van der Waals surface area contributed by atoms with Crippen molar-refractivity contribution in [2.45, 2.75) is 32.1 Å². The van der Waals surface area contributed by atoms with Crippen LogP contribution in [0, 0.1) is 5.92 Å². The Morgan fingerprint density at radius 3 is 1.94 bits per heavy atom. The number of hydrogen-bond acceptors (Lipinski definition) is 4. The predicted molar refractivity (Wildman–Crippen MR) is 137 cm³/mol. The fourth-order valence-corrected chi connectivity index (χ4v) is 4.31.